The molecule has 0 spiro atoms. The van der Waals surface area contributed by atoms with Crippen LogP contribution in [-0.4, -0.2) is 29.3 Å². The van der Waals surface area contributed by atoms with Gasteiger partial charge in [0.2, 0.25) is 0 Å². The number of aliphatic hydroxyl groups is 1. The van der Waals surface area contributed by atoms with E-state index in [1.807, 2.05) is 0 Å². The van der Waals surface area contributed by atoms with Gasteiger partial charge in [0.05, 0.1) is 6.61 Å². The molecule has 4 nitrogen and oxygen atoms in total. The van der Waals surface area contributed by atoms with Crippen LogP contribution in [0.1, 0.15) is 23.0 Å². The summed E-state index contributed by atoms with van der Waals surface area (Å²) in [6.45, 7) is 2.15. The van der Waals surface area contributed by atoms with Gasteiger partial charge in [-0.05, 0) is 31.0 Å². The topological polar surface area (TPSA) is 59.4 Å². The fourth-order valence-electron chi connectivity index (χ4n) is 1.08. The van der Waals surface area contributed by atoms with Crippen molar-refractivity contribution in [3.05, 3.63) is 29.6 Å². The molecule has 1 heterocycles. The Hall–Kier alpha value is -1.42. The van der Waals surface area contributed by atoms with Gasteiger partial charge in [0.15, 0.2) is 0 Å². The standard InChI is InChI=1S/C10H13NO3/c1-2-14-10(13)9-7-8(4-6-12)3-5-11-9/h3,5,7,12H,2,4,6H2,1H3. The summed E-state index contributed by atoms with van der Waals surface area (Å²) in [6, 6.07) is 3.40. The molecule has 0 fully saturated rings. The second-order valence-corrected chi connectivity index (χ2v) is 2.74. The summed E-state index contributed by atoms with van der Waals surface area (Å²) in [5, 5.41) is 8.72. The third kappa shape index (κ3) is 2.81. The molecule has 14 heavy (non-hydrogen) atoms. The first-order chi connectivity index (χ1) is 6.77. The maximum atomic E-state index is 11.3. The van der Waals surface area contributed by atoms with E-state index in [-0.39, 0.29) is 12.3 Å². The van der Waals surface area contributed by atoms with Crippen molar-refractivity contribution >= 4 is 5.97 Å². The lowest BCUT2D eigenvalue weighted by Gasteiger charge is -2.02. The van der Waals surface area contributed by atoms with Crippen LogP contribution in [-0.2, 0) is 11.2 Å². The Balaban J connectivity index is 2.77. The van der Waals surface area contributed by atoms with Crippen molar-refractivity contribution in [2.45, 2.75) is 13.3 Å². The molecule has 1 aromatic rings. The Morgan fingerprint density at radius 1 is 1.64 bits per heavy atom. The first kappa shape index (κ1) is 10.7. The Morgan fingerprint density at radius 2 is 2.43 bits per heavy atom. The zero-order valence-corrected chi connectivity index (χ0v) is 8.06. The molecule has 0 saturated heterocycles. The molecule has 0 aliphatic heterocycles. The smallest absolute Gasteiger partial charge is 0.356 e. The number of aromatic nitrogens is 1. The molecule has 1 rings (SSSR count). The van der Waals surface area contributed by atoms with E-state index in [0.717, 1.165) is 5.56 Å². The van der Waals surface area contributed by atoms with Crippen LogP contribution >= 0.6 is 0 Å². The van der Waals surface area contributed by atoms with E-state index >= 15 is 0 Å². The number of pyridine rings is 1. The molecule has 0 aromatic carbocycles. The number of hydrogen-bond donors (Lipinski definition) is 1. The highest BCUT2D eigenvalue weighted by Crippen LogP contribution is 2.04. The van der Waals surface area contributed by atoms with Crippen LogP contribution in [0.2, 0.25) is 0 Å². The van der Waals surface area contributed by atoms with Gasteiger partial charge in [-0.2, -0.15) is 0 Å². The third-order valence-corrected chi connectivity index (χ3v) is 1.71. The SMILES string of the molecule is CCOC(=O)c1cc(CCO)ccn1. The maximum Gasteiger partial charge on any atom is 0.356 e. The monoisotopic (exact) mass is 195 g/mol. The van der Waals surface area contributed by atoms with Crippen LogP contribution in [0.5, 0.6) is 0 Å². The number of carbonyl (C=O) groups excluding carboxylic acids is 1. The number of rotatable bonds is 4. The van der Waals surface area contributed by atoms with Gasteiger partial charge in [-0.15, -0.1) is 0 Å². The van der Waals surface area contributed by atoms with Crippen molar-refractivity contribution in [1.29, 1.82) is 0 Å². The molecule has 0 saturated carbocycles. The lowest BCUT2D eigenvalue weighted by atomic mass is 10.2. The number of esters is 1. The van der Waals surface area contributed by atoms with Crippen molar-refractivity contribution in [3.8, 4) is 0 Å². The normalized spacial score (nSPS) is 9.86. The molecule has 1 aromatic heterocycles. The fraction of sp³-hybridized carbons (Fsp3) is 0.400. The zero-order chi connectivity index (χ0) is 10.4. The molecular formula is C10H13NO3. The quantitative estimate of drug-likeness (QED) is 0.722. The summed E-state index contributed by atoms with van der Waals surface area (Å²) in [7, 11) is 0. The maximum absolute atomic E-state index is 11.3. The summed E-state index contributed by atoms with van der Waals surface area (Å²) in [5.74, 6) is -0.424. The summed E-state index contributed by atoms with van der Waals surface area (Å²) in [5.41, 5.74) is 1.17. The number of ether oxygens (including phenoxy) is 1. The van der Waals surface area contributed by atoms with Gasteiger partial charge in [-0.1, -0.05) is 0 Å². The molecule has 0 bridgehead atoms. The highest BCUT2D eigenvalue weighted by molar-refractivity contribution is 5.87. The van der Waals surface area contributed by atoms with Gasteiger partial charge < -0.3 is 9.84 Å². The second kappa shape index (κ2) is 5.34. The average Bonchev–Trinajstić information content (AvgIpc) is 2.19. The first-order valence-electron chi connectivity index (χ1n) is 4.50. The minimum absolute atomic E-state index is 0.0618. The third-order valence-electron chi connectivity index (χ3n) is 1.71. The van der Waals surface area contributed by atoms with Gasteiger partial charge in [-0.25, -0.2) is 9.78 Å². The number of carbonyl (C=O) groups is 1. The van der Waals surface area contributed by atoms with Crippen molar-refractivity contribution in [2.24, 2.45) is 0 Å². The van der Waals surface area contributed by atoms with E-state index in [4.69, 9.17) is 9.84 Å². The highest BCUT2D eigenvalue weighted by atomic mass is 16.5. The summed E-state index contributed by atoms with van der Waals surface area (Å²) < 4.78 is 4.80. The van der Waals surface area contributed by atoms with Gasteiger partial charge in [0.25, 0.3) is 0 Å². The summed E-state index contributed by atoms with van der Waals surface area (Å²) in [6.07, 6.45) is 2.06. The lowest BCUT2D eigenvalue weighted by Crippen LogP contribution is -2.07. The lowest BCUT2D eigenvalue weighted by molar-refractivity contribution is 0.0519. The number of hydrogen-bond acceptors (Lipinski definition) is 4. The molecule has 0 unspecified atom stereocenters. The molecule has 0 amide bonds. The highest BCUT2D eigenvalue weighted by Gasteiger charge is 2.07. The van der Waals surface area contributed by atoms with E-state index in [0.29, 0.717) is 13.0 Å². The Bertz CT molecular complexity index is 312. The molecule has 4 heteroatoms. The summed E-state index contributed by atoms with van der Waals surface area (Å²) >= 11 is 0. The average molecular weight is 195 g/mol. The van der Waals surface area contributed by atoms with E-state index < -0.39 is 5.97 Å². The van der Waals surface area contributed by atoms with E-state index in [1.165, 1.54) is 6.20 Å². The van der Waals surface area contributed by atoms with Crippen molar-refractivity contribution < 1.29 is 14.6 Å². The minimum Gasteiger partial charge on any atom is -0.461 e. The summed E-state index contributed by atoms with van der Waals surface area (Å²) in [4.78, 5) is 15.1. The first-order valence-corrected chi connectivity index (χ1v) is 4.50. The van der Waals surface area contributed by atoms with Crippen LogP contribution in [0.25, 0.3) is 0 Å². The molecule has 0 atom stereocenters. The molecular weight excluding hydrogens is 182 g/mol. The minimum atomic E-state index is -0.424. The fourth-order valence-corrected chi connectivity index (χ4v) is 1.08. The van der Waals surface area contributed by atoms with E-state index in [2.05, 4.69) is 4.98 Å². The predicted octanol–water partition coefficient (Wildman–Crippen LogP) is 0.793. The van der Waals surface area contributed by atoms with Gasteiger partial charge in [-0.3, -0.25) is 0 Å². The van der Waals surface area contributed by atoms with Crippen molar-refractivity contribution in [1.82, 2.24) is 4.98 Å². The number of aliphatic hydroxyl groups excluding tert-OH is 1. The largest absolute Gasteiger partial charge is 0.461 e. The van der Waals surface area contributed by atoms with E-state index in [9.17, 15) is 4.79 Å². The van der Waals surface area contributed by atoms with Crippen LogP contribution in [0, 0.1) is 0 Å². The second-order valence-electron chi connectivity index (χ2n) is 2.74. The van der Waals surface area contributed by atoms with Gasteiger partial charge >= 0.3 is 5.97 Å². The number of nitrogens with zero attached hydrogens (tertiary/aromatic N) is 1. The molecule has 0 radical (unpaired) electrons. The Labute approximate surface area is 82.5 Å². The van der Waals surface area contributed by atoms with Gasteiger partial charge in [0, 0.05) is 12.8 Å². The van der Waals surface area contributed by atoms with Crippen molar-refractivity contribution in [3.63, 3.8) is 0 Å². The molecule has 0 aliphatic carbocycles. The van der Waals surface area contributed by atoms with E-state index in [1.54, 1.807) is 19.1 Å². The zero-order valence-electron chi connectivity index (χ0n) is 8.06. The predicted molar refractivity (Wildman–Crippen MR) is 51.0 cm³/mol. The molecule has 76 valence electrons. The molecule has 1 N–H and O–H groups in total. The van der Waals surface area contributed by atoms with Crippen LogP contribution < -0.4 is 0 Å². The molecule has 0 aliphatic rings. The van der Waals surface area contributed by atoms with Crippen LogP contribution in [0.15, 0.2) is 18.3 Å². The van der Waals surface area contributed by atoms with Gasteiger partial charge in [0.1, 0.15) is 5.69 Å². The van der Waals surface area contributed by atoms with Crippen LogP contribution in [0.4, 0.5) is 0 Å². The van der Waals surface area contributed by atoms with Crippen molar-refractivity contribution in [2.75, 3.05) is 13.2 Å². The Morgan fingerprint density at radius 3 is 3.07 bits per heavy atom. The Kier molecular flexibility index (Phi) is 4.07. The van der Waals surface area contributed by atoms with Crippen LogP contribution in [0.3, 0.4) is 0 Å².